The lowest BCUT2D eigenvalue weighted by molar-refractivity contribution is 0.0693. The molecule has 0 aliphatic heterocycles. The van der Waals surface area contributed by atoms with Crippen molar-refractivity contribution in [2.45, 2.75) is 12.1 Å². The first kappa shape index (κ1) is 20.6. The topological polar surface area (TPSA) is 40.5 Å². The molecule has 1 N–H and O–H groups in total. The number of aromatic carboxylic acids is 1. The van der Waals surface area contributed by atoms with Gasteiger partial charge in [0.25, 0.3) is 0 Å². The number of rotatable bonds is 7. The molecule has 4 aromatic rings. The third kappa shape index (κ3) is 3.88. The van der Waals surface area contributed by atoms with E-state index in [-0.39, 0.29) is 0 Å². The quantitative estimate of drug-likeness (QED) is 0.393. The lowest BCUT2D eigenvalue weighted by Gasteiger charge is -2.44. The van der Waals surface area contributed by atoms with Crippen LogP contribution in [-0.4, -0.2) is 23.0 Å². The highest BCUT2D eigenvalue weighted by Gasteiger charge is 2.40. The van der Waals surface area contributed by atoms with Gasteiger partial charge in [-0.25, -0.2) is 4.79 Å². The summed E-state index contributed by atoms with van der Waals surface area (Å²) in [5.41, 5.74) is 3.91. The van der Waals surface area contributed by atoms with Crippen molar-refractivity contribution < 1.29 is 9.90 Å². The first-order valence-electron chi connectivity index (χ1n) is 10.3. The molecule has 3 heteroatoms. The summed E-state index contributed by atoms with van der Waals surface area (Å²) < 4.78 is 0. The minimum absolute atomic E-state index is 0.331. The van der Waals surface area contributed by atoms with E-state index in [4.69, 9.17) is 0 Å². The van der Waals surface area contributed by atoms with Gasteiger partial charge in [0, 0.05) is 6.54 Å². The summed E-state index contributed by atoms with van der Waals surface area (Å²) in [6.45, 7) is 0.473. The highest BCUT2D eigenvalue weighted by atomic mass is 16.4. The summed E-state index contributed by atoms with van der Waals surface area (Å²) in [6, 6.07) is 38.4. The monoisotopic (exact) mass is 407 g/mol. The fourth-order valence-corrected chi connectivity index (χ4v) is 4.44. The molecule has 4 rings (SSSR count). The molecule has 0 saturated carbocycles. The van der Waals surface area contributed by atoms with Crippen molar-refractivity contribution in [1.29, 1.82) is 0 Å². The largest absolute Gasteiger partial charge is 0.478 e. The zero-order valence-corrected chi connectivity index (χ0v) is 17.5. The van der Waals surface area contributed by atoms with E-state index in [0.717, 1.165) is 22.3 Å². The molecule has 154 valence electrons. The minimum Gasteiger partial charge on any atom is -0.478 e. The fraction of sp³-hybridized carbons (Fsp3) is 0.107. The molecule has 0 bridgehead atoms. The molecule has 0 aromatic heterocycles. The van der Waals surface area contributed by atoms with E-state index in [1.807, 2.05) is 30.3 Å². The number of nitrogens with zero attached hydrogens (tertiary/aromatic N) is 1. The maximum absolute atomic E-state index is 11.8. The van der Waals surface area contributed by atoms with Gasteiger partial charge in [-0.1, -0.05) is 109 Å². The Morgan fingerprint density at radius 3 is 1.48 bits per heavy atom. The van der Waals surface area contributed by atoms with Gasteiger partial charge >= 0.3 is 5.97 Å². The molecule has 0 aliphatic rings. The van der Waals surface area contributed by atoms with Crippen molar-refractivity contribution in [3.63, 3.8) is 0 Å². The van der Waals surface area contributed by atoms with Gasteiger partial charge < -0.3 is 5.11 Å². The summed E-state index contributed by atoms with van der Waals surface area (Å²) in [7, 11) is 2.06. The van der Waals surface area contributed by atoms with Crippen molar-refractivity contribution in [2.24, 2.45) is 0 Å². The average molecular weight is 408 g/mol. The fourth-order valence-electron chi connectivity index (χ4n) is 4.44. The predicted molar refractivity (Wildman–Crippen MR) is 124 cm³/mol. The van der Waals surface area contributed by atoms with Gasteiger partial charge in [-0.05, 0) is 35.4 Å². The summed E-state index contributed by atoms with van der Waals surface area (Å²) >= 11 is 0. The molecule has 0 fully saturated rings. The summed E-state index contributed by atoms with van der Waals surface area (Å²) in [4.78, 5) is 14.1. The number of carboxylic acids is 1. The summed E-state index contributed by atoms with van der Waals surface area (Å²) in [5, 5.41) is 9.71. The van der Waals surface area contributed by atoms with E-state index in [9.17, 15) is 9.90 Å². The number of hydrogen-bond acceptors (Lipinski definition) is 2. The standard InChI is InChI=1S/C28H25NO2/c1-29(21-22-13-11-12-20-26(22)27(30)31)28(23-14-5-2-6-15-23,24-16-7-3-8-17-24)25-18-9-4-10-19-25/h2-20H,21H2,1H3,(H,30,31). The maximum Gasteiger partial charge on any atom is 0.336 e. The van der Waals surface area contributed by atoms with E-state index in [2.05, 4.69) is 84.7 Å². The number of carbonyl (C=O) groups is 1. The summed E-state index contributed by atoms with van der Waals surface area (Å²) in [6.07, 6.45) is 0. The van der Waals surface area contributed by atoms with Crippen LogP contribution in [0.15, 0.2) is 115 Å². The molecule has 0 unspecified atom stereocenters. The van der Waals surface area contributed by atoms with Gasteiger partial charge in [0.15, 0.2) is 0 Å². The molecule has 0 amide bonds. The van der Waals surface area contributed by atoms with E-state index < -0.39 is 11.5 Å². The number of benzene rings is 4. The van der Waals surface area contributed by atoms with Crippen LogP contribution in [0.1, 0.15) is 32.6 Å². The zero-order valence-electron chi connectivity index (χ0n) is 17.5. The Bertz CT molecular complexity index is 1040. The second kappa shape index (κ2) is 8.99. The van der Waals surface area contributed by atoms with Crippen LogP contribution in [0.2, 0.25) is 0 Å². The minimum atomic E-state index is -0.909. The third-order valence-corrected chi connectivity index (χ3v) is 5.80. The highest BCUT2D eigenvalue weighted by molar-refractivity contribution is 5.89. The Hall–Kier alpha value is -3.69. The van der Waals surface area contributed by atoms with E-state index in [1.165, 1.54) is 0 Å². The van der Waals surface area contributed by atoms with E-state index in [1.54, 1.807) is 12.1 Å². The highest BCUT2D eigenvalue weighted by Crippen LogP contribution is 2.42. The maximum atomic E-state index is 11.8. The van der Waals surface area contributed by atoms with Gasteiger partial charge in [-0.2, -0.15) is 0 Å². The second-order valence-electron chi connectivity index (χ2n) is 7.63. The second-order valence-corrected chi connectivity index (χ2v) is 7.63. The van der Waals surface area contributed by atoms with Crippen molar-refractivity contribution in [3.8, 4) is 0 Å². The Morgan fingerprint density at radius 1 is 0.677 bits per heavy atom. The van der Waals surface area contributed by atoms with Crippen molar-refractivity contribution in [2.75, 3.05) is 7.05 Å². The van der Waals surface area contributed by atoms with E-state index in [0.29, 0.717) is 12.1 Å². The van der Waals surface area contributed by atoms with E-state index >= 15 is 0 Å². The van der Waals surface area contributed by atoms with Gasteiger partial charge in [0.2, 0.25) is 0 Å². The van der Waals surface area contributed by atoms with Crippen LogP contribution in [0, 0.1) is 0 Å². The molecule has 0 heterocycles. The lowest BCUT2D eigenvalue weighted by atomic mass is 9.75. The molecule has 0 atom stereocenters. The molecule has 0 saturated heterocycles. The number of hydrogen-bond donors (Lipinski definition) is 1. The predicted octanol–water partition coefficient (Wildman–Crippen LogP) is 5.81. The normalized spacial score (nSPS) is 11.4. The van der Waals surface area contributed by atoms with Crippen LogP contribution in [0.4, 0.5) is 0 Å². The Morgan fingerprint density at radius 2 is 1.06 bits per heavy atom. The van der Waals surface area contributed by atoms with Crippen LogP contribution < -0.4 is 0 Å². The SMILES string of the molecule is CN(Cc1ccccc1C(=O)O)C(c1ccccc1)(c1ccccc1)c1ccccc1. The zero-order chi connectivity index (χ0) is 21.7. The molecule has 0 radical (unpaired) electrons. The first-order valence-corrected chi connectivity index (χ1v) is 10.3. The molecular formula is C28H25NO2. The average Bonchev–Trinajstić information content (AvgIpc) is 2.82. The molecule has 0 spiro atoms. The van der Waals surface area contributed by atoms with Crippen LogP contribution in [0.5, 0.6) is 0 Å². The van der Waals surface area contributed by atoms with Crippen molar-refractivity contribution in [3.05, 3.63) is 143 Å². The van der Waals surface area contributed by atoms with Crippen LogP contribution in [0.3, 0.4) is 0 Å². The van der Waals surface area contributed by atoms with Gasteiger partial charge in [0.05, 0.1) is 11.1 Å². The van der Waals surface area contributed by atoms with Crippen LogP contribution in [-0.2, 0) is 12.1 Å². The Kier molecular flexibility index (Phi) is 5.96. The Labute approximate surface area is 183 Å². The third-order valence-electron chi connectivity index (χ3n) is 5.80. The Balaban J connectivity index is 1.95. The molecule has 31 heavy (non-hydrogen) atoms. The molecule has 3 nitrogen and oxygen atoms in total. The molecule has 4 aromatic carbocycles. The molecule has 0 aliphatic carbocycles. The smallest absolute Gasteiger partial charge is 0.336 e. The molecular weight excluding hydrogens is 382 g/mol. The van der Waals surface area contributed by atoms with Gasteiger partial charge in [0.1, 0.15) is 0 Å². The summed E-state index contributed by atoms with van der Waals surface area (Å²) in [5.74, 6) is -0.909. The number of carboxylic acid groups (broad SMARTS) is 1. The van der Waals surface area contributed by atoms with Crippen LogP contribution >= 0.6 is 0 Å². The van der Waals surface area contributed by atoms with Crippen molar-refractivity contribution in [1.82, 2.24) is 4.90 Å². The van der Waals surface area contributed by atoms with Crippen LogP contribution in [0.25, 0.3) is 0 Å². The van der Waals surface area contributed by atoms with Crippen molar-refractivity contribution >= 4 is 5.97 Å². The van der Waals surface area contributed by atoms with Gasteiger partial charge in [-0.15, -0.1) is 0 Å². The first-order chi connectivity index (χ1) is 15.1. The lowest BCUT2D eigenvalue weighted by Crippen LogP contribution is -2.45. The van der Waals surface area contributed by atoms with Gasteiger partial charge in [-0.3, -0.25) is 4.90 Å².